The van der Waals surface area contributed by atoms with Crippen molar-refractivity contribution in [2.45, 2.75) is 6.18 Å². The highest BCUT2D eigenvalue weighted by Gasteiger charge is 2.36. The molecule has 1 aromatic heterocycles. The molecule has 1 N–H and O–H groups in total. The molecule has 178 valence electrons. The number of aromatic nitrogens is 2. The maximum Gasteiger partial charge on any atom is 0.417 e. The first-order valence-electron chi connectivity index (χ1n) is 11.0. The van der Waals surface area contributed by atoms with Crippen LogP contribution in [0.25, 0.3) is 32.8 Å². The Morgan fingerprint density at radius 3 is 2.46 bits per heavy atom. The topological polar surface area (TPSA) is 69.6 Å². The third kappa shape index (κ3) is 4.03. The monoisotopic (exact) mass is 478 g/mol. The van der Waals surface area contributed by atoms with Crippen molar-refractivity contribution in [3.8, 4) is 16.9 Å². The average Bonchev–Trinajstić information content (AvgIpc) is 2.86. The van der Waals surface area contributed by atoms with Gasteiger partial charge in [-0.25, -0.2) is 9.97 Å². The fraction of sp³-hybridized carbons (Fsp3) is 0.192. The molecule has 1 aliphatic heterocycles. The molecular formula is C26H21F3N4O2. The van der Waals surface area contributed by atoms with Crippen LogP contribution < -0.4 is 4.90 Å². The van der Waals surface area contributed by atoms with Crippen molar-refractivity contribution in [2.75, 3.05) is 31.1 Å². The molecule has 1 saturated heterocycles. The lowest BCUT2D eigenvalue weighted by molar-refractivity contribution is -0.137. The first-order valence-corrected chi connectivity index (χ1v) is 11.0. The number of anilines is 1. The van der Waals surface area contributed by atoms with Gasteiger partial charge in [-0.1, -0.05) is 36.9 Å². The van der Waals surface area contributed by atoms with E-state index in [1.165, 1.54) is 24.5 Å². The highest BCUT2D eigenvalue weighted by molar-refractivity contribution is 6.03. The summed E-state index contributed by atoms with van der Waals surface area (Å²) in [6, 6.07) is 12.5. The summed E-state index contributed by atoms with van der Waals surface area (Å²) in [7, 11) is 0. The van der Waals surface area contributed by atoms with Crippen LogP contribution in [0.15, 0.2) is 67.5 Å². The van der Waals surface area contributed by atoms with E-state index in [2.05, 4.69) is 16.5 Å². The zero-order valence-corrected chi connectivity index (χ0v) is 18.6. The number of hydrogen-bond donors (Lipinski definition) is 1. The number of halogens is 3. The lowest BCUT2D eigenvalue weighted by Crippen LogP contribution is -2.48. The van der Waals surface area contributed by atoms with Gasteiger partial charge in [0.05, 0.1) is 11.1 Å². The van der Waals surface area contributed by atoms with Gasteiger partial charge in [-0.15, -0.1) is 0 Å². The second-order valence-corrected chi connectivity index (χ2v) is 8.31. The number of carbonyl (C=O) groups is 1. The third-order valence-electron chi connectivity index (χ3n) is 6.30. The third-order valence-corrected chi connectivity index (χ3v) is 6.30. The molecule has 2 heterocycles. The maximum absolute atomic E-state index is 14.4. The van der Waals surface area contributed by atoms with E-state index in [-0.39, 0.29) is 28.2 Å². The van der Waals surface area contributed by atoms with Gasteiger partial charge < -0.3 is 14.9 Å². The average molecular weight is 478 g/mol. The molecule has 35 heavy (non-hydrogen) atoms. The summed E-state index contributed by atoms with van der Waals surface area (Å²) in [6.07, 6.45) is -2.12. The number of carbonyl (C=O) groups excluding carboxylic acids is 1. The molecule has 0 aliphatic carbocycles. The Kier molecular flexibility index (Phi) is 5.55. The van der Waals surface area contributed by atoms with E-state index >= 15 is 0 Å². The predicted octanol–water partition coefficient (Wildman–Crippen LogP) is 5.01. The zero-order valence-electron chi connectivity index (χ0n) is 18.6. The van der Waals surface area contributed by atoms with Crippen molar-refractivity contribution in [1.29, 1.82) is 0 Å². The second kappa shape index (κ2) is 8.57. The van der Waals surface area contributed by atoms with E-state index in [1.54, 1.807) is 35.2 Å². The van der Waals surface area contributed by atoms with Gasteiger partial charge in [0, 0.05) is 42.7 Å². The van der Waals surface area contributed by atoms with Crippen LogP contribution in [0.5, 0.6) is 5.75 Å². The van der Waals surface area contributed by atoms with Crippen LogP contribution >= 0.6 is 0 Å². The summed E-state index contributed by atoms with van der Waals surface area (Å²) >= 11 is 0. The molecule has 1 fully saturated rings. The molecule has 3 aromatic carbocycles. The van der Waals surface area contributed by atoms with Crippen LogP contribution in [0, 0.1) is 0 Å². The number of phenolic OH excluding ortho intramolecular Hbond substituents is 1. The number of hydrogen-bond acceptors (Lipinski definition) is 5. The van der Waals surface area contributed by atoms with Crippen molar-refractivity contribution < 1.29 is 23.1 Å². The molecule has 1 amide bonds. The summed E-state index contributed by atoms with van der Waals surface area (Å²) in [4.78, 5) is 23.9. The van der Waals surface area contributed by atoms with Gasteiger partial charge in [0.25, 0.3) is 0 Å². The largest absolute Gasteiger partial charge is 0.507 e. The van der Waals surface area contributed by atoms with Crippen LogP contribution in [0.2, 0.25) is 0 Å². The van der Waals surface area contributed by atoms with Crippen LogP contribution in [0.3, 0.4) is 0 Å². The number of nitrogens with zero attached hydrogens (tertiary/aromatic N) is 4. The number of rotatable bonds is 3. The molecule has 0 spiro atoms. The summed E-state index contributed by atoms with van der Waals surface area (Å²) in [6.45, 7) is 5.14. The van der Waals surface area contributed by atoms with Gasteiger partial charge in [-0.3, -0.25) is 4.79 Å². The molecule has 0 radical (unpaired) electrons. The minimum atomic E-state index is -4.69. The molecule has 0 bridgehead atoms. The first kappa shape index (κ1) is 22.6. The van der Waals surface area contributed by atoms with Crippen LogP contribution in [-0.4, -0.2) is 52.1 Å². The van der Waals surface area contributed by atoms with Crippen LogP contribution in [-0.2, 0) is 11.0 Å². The van der Waals surface area contributed by atoms with Gasteiger partial charge in [-0.05, 0) is 35.0 Å². The van der Waals surface area contributed by atoms with Crippen molar-refractivity contribution in [3.05, 3.63) is 73.1 Å². The summed E-state index contributed by atoms with van der Waals surface area (Å²) in [5.74, 6) is -0.0539. The van der Waals surface area contributed by atoms with E-state index < -0.39 is 11.7 Å². The second-order valence-electron chi connectivity index (χ2n) is 8.31. The SMILES string of the molecule is C=CC(=O)N1CCN(c2ncnc3cc(-c4c(O)ccc5ccccc45)c(C(F)(F)F)cc23)CC1. The molecular weight excluding hydrogens is 457 g/mol. The van der Waals surface area contributed by atoms with E-state index in [0.29, 0.717) is 48.3 Å². The van der Waals surface area contributed by atoms with E-state index in [0.717, 1.165) is 6.07 Å². The van der Waals surface area contributed by atoms with Crippen LogP contribution in [0.4, 0.5) is 19.0 Å². The number of fused-ring (bicyclic) bond motifs is 2. The quantitative estimate of drug-likeness (QED) is 0.420. The number of alkyl halides is 3. The van der Waals surface area contributed by atoms with E-state index in [4.69, 9.17) is 0 Å². The van der Waals surface area contributed by atoms with Gasteiger partial charge in [-0.2, -0.15) is 13.2 Å². The lowest BCUT2D eigenvalue weighted by atomic mass is 9.92. The molecule has 1 aliphatic rings. The highest BCUT2D eigenvalue weighted by atomic mass is 19.4. The van der Waals surface area contributed by atoms with E-state index in [1.807, 2.05) is 4.90 Å². The first-order chi connectivity index (χ1) is 16.8. The smallest absolute Gasteiger partial charge is 0.417 e. The van der Waals surface area contributed by atoms with Crippen LogP contribution in [0.1, 0.15) is 5.56 Å². The minimum absolute atomic E-state index is 0.106. The molecule has 0 atom stereocenters. The predicted molar refractivity (Wildman–Crippen MR) is 128 cm³/mol. The minimum Gasteiger partial charge on any atom is -0.507 e. The lowest BCUT2D eigenvalue weighted by Gasteiger charge is -2.35. The van der Waals surface area contributed by atoms with Crippen molar-refractivity contribution in [3.63, 3.8) is 0 Å². The molecule has 5 rings (SSSR count). The Bertz CT molecular complexity index is 1460. The molecule has 9 heteroatoms. The highest BCUT2D eigenvalue weighted by Crippen LogP contribution is 2.45. The maximum atomic E-state index is 14.4. The molecule has 0 saturated carbocycles. The Morgan fingerprint density at radius 1 is 1.00 bits per heavy atom. The fourth-order valence-corrected chi connectivity index (χ4v) is 4.59. The summed E-state index contributed by atoms with van der Waals surface area (Å²) in [5.41, 5.74) is -0.595. The number of piperazine rings is 1. The van der Waals surface area contributed by atoms with Gasteiger partial charge >= 0.3 is 6.18 Å². The number of benzene rings is 3. The Labute approximate surface area is 198 Å². The molecule has 4 aromatic rings. The molecule has 0 unspecified atom stereocenters. The van der Waals surface area contributed by atoms with Crippen molar-refractivity contribution in [2.24, 2.45) is 0 Å². The Hall–Kier alpha value is -4.14. The van der Waals surface area contributed by atoms with Gasteiger partial charge in [0.15, 0.2) is 0 Å². The Morgan fingerprint density at radius 2 is 1.74 bits per heavy atom. The fourth-order valence-electron chi connectivity index (χ4n) is 4.59. The van der Waals surface area contributed by atoms with E-state index in [9.17, 15) is 23.1 Å². The standard InChI is InChI=1S/C26H21F3N4O2/c1-2-23(35)32-9-11-33(12-10-32)25-19-13-20(26(27,28)29)18(14-21(19)30-15-31-25)24-17-6-4-3-5-16(17)7-8-22(24)34/h2-8,13-15,34H,1,9-12H2. The molecule has 6 nitrogen and oxygen atoms in total. The number of aromatic hydroxyl groups is 1. The number of amides is 1. The van der Waals surface area contributed by atoms with Crippen molar-refractivity contribution >= 4 is 33.4 Å². The summed E-state index contributed by atoms with van der Waals surface area (Å²) in [5, 5.41) is 12.1. The number of phenols is 1. The normalized spacial score (nSPS) is 14.5. The summed E-state index contributed by atoms with van der Waals surface area (Å²) < 4.78 is 43.1. The zero-order chi connectivity index (χ0) is 24.7. The van der Waals surface area contributed by atoms with Gasteiger partial charge in [0.2, 0.25) is 5.91 Å². The van der Waals surface area contributed by atoms with Crippen molar-refractivity contribution in [1.82, 2.24) is 14.9 Å². The Balaban J connectivity index is 1.68. The van der Waals surface area contributed by atoms with Gasteiger partial charge in [0.1, 0.15) is 17.9 Å².